The molecule has 0 aliphatic heterocycles. The van der Waals surface area contributed by atoms with E-state index >= 15 is 0 Å². The van der Waals surface area contributed by atoms with Crippen LogP contribution in [0.2, 0.25) is 0 Å². The van der Waals surface area contributed by atoms with Crippen LogP contribution in [0.1, 0.15) is 32.6 Å². The van der Waals surface area contributed by atoms with Crippen molar-refractivity contribution in [3.8, 4) is 5.75 Å². The summed E-state index contributed by atoms with van der Waals surface area (Å²) in [6, 6.07) is 7.25. The van der Waals surface area contributed by atoms with Crippen LogP contribution in [0.5, 0.6) is 5.75 Å². The molecule has 3 rings (SSSR count). The Labute approximate surface area is 171 Å². The van der Waals surface area contributed by atoms with Gasteiger partial charge in [0.15, 0.2) is 4.34 Å². The zero-order valence-corrected chi connectivity index (χ0v) is 17.4. The second-order valence-corrected chi connectivity index (χ2v) is 8.97. The van der Waals surface area contributed by atoms with Crippen molar-refractivity contribution < 1.29 is 14.3 Å². The molecule has 1 aromatic carbocycles. The summed E-state index contributed by atoms with van der Waals surface area (Å²) in [5.41, 5.74) is 0.784. The first-order valence-electron chi connectivity index (χ1n) is 9.06. The van der Waals surface area contributed by atoms with E-state index in [-0.39, 0.29) is 11.9 Å². The minimum Gasteiger partial charge on any atom is -0.495 e. The molecule has 8 nitrogen and oxygen atoms in total. The summed E-state index contributed by atoms with van der Waals surface area (Å²) in [6.07, 6.45) is 4.18. The molecule has 10 heteroatoms. The lowest BCUT2D eigenvalue weighted by Crippen LogP contribution is -2.45. The Morgan fingerprint density at radius 2 is 2.00 bits per heavy atom. The van der Waals surface area contributed by atoms with Crippen molar-refractivity contribution >= 4 is 45.9 Å². The smallest absolute Gasteiger partial charge is 0.321 e. The van der Waals surface area contributed by atoms with Crippen molar-refractivity contribution in [2.45, 2.75) is 48.2 Å². The highest BCUT2D eigenvalue weighted by molar-refractivity contribution is 8.02. The van der Waals surface area contributed by atoms with Gasteiger partial charge in [0.1, 0.15) is 5.75 Å². The molecule has 0 bridgehead atoms. The van der Waals surface area contributed by atoms with Crippen molar-refractivity contribution in [1.82, 2.24) is 20.8 Å². The van der Waals surface area contributed by atoms with Gasteiger partial charge in [0.2, 0.25) is 11.0 Å². The summed E-state index contributed by atoms with van der Waals surface area (Å²) in [6.45, 7) is 1.73. The van der Waals surface area contributed by atoms with Gasteiger partial charge in [0.05, 0.1) is 18.0 Å². The number of carbonyl (C=O) groups is 2. The fourth-order valence-corrected chi connectivity index (χ4v) is 4.79. The molecule has 0 radical (unpaired) electrons. The number of thioether (sulfide) groups is 1. The van der Waals surface area contributed by atoms with Crippen LogP contribution in [0.3, 0.4) is 0 Å². The Morgan fingerprint density at radius 3 is 2.75 bits per heavy atom. The van der Waals surface area contributed by atoms with Crippen LogP contribution >= 0.6 is 23.1 Å². The number of methoxy groups -OCH3 is 1. The van der Waals surface area contributed by atoms with Gasteiger partial charge in [-0.3, -0.25) is 10.1 Å². The molecule has 1 aromatic heterocycles. The van der Waals surface area contributed by atoms with Gasteiger partial charge in [-0.1, -0.05) is 48.1 Å². The number of ether oxygens (including phenoxy) is 1. The average molecular weight is 422 g/mol. The van der Waals surface area contributed by atoms with E-state index in [0.29, 0.717) is 15.2 Å². The number of nitrogens with one attached hydrogen (secondary N) is 3. The fraction of sp³-hybridized carbons (Fsp3) is 0.444. The molecular formula is C18H23N5O3S2. The second-order valence-electron chi connectivity index (χ2n) is 6.40. The van der Waals surface area contributed by atoms with Gasteiger partial charge < -0.3 is 15.4 Å². The van der Waals surface area contributed by atoms with Crippen molar-refractivity contribution in [3.63, 3.8) is 0 Å². The molecule has 2 aromatic rings. The van der Waals surface area contributed by atoms with Gasteiger partial charge in [-0.15, -0.1) is 10.2 Å². The Morgan fingerprint density at radius 1 is 1.25 bits per heavy atom. The van der Waals surface area contributed by atoms with Crippen LogP contribution in [0.25, 0.3) is 0 Å². The number of hydrogen-bond acceptors (Lipinski definition) is 8. The minimum absolute atomic E-state index is 0.169. The van der Waals surface area contributed by atoms with Crippen LogP contribution in [0.4, 0.5) is 15.6 Å². The summed E-state index contributed by atoms with van der Waals surface area (Å²) in [5.74, 6) is 0.350. The van der Waals surface area contributed by atoms with Gasteiger partial charge in [0.25, 0.3) is 0 Å². The maximum Gasteiger partial charge on any atom is 0.321 e. The first-order chi connectivity index (χ1) is 13.5. The van der Waals surface area contributed by atoms with E-state index in [1.54, 1.807) is 14.0 Å². The van der Waals surface area contributed by atoms with Crippen molar-refractivity contribution in [3.05, 3.63) is 24.3 Å². The van der Waals surface area contributed by atoms with Gasteiger partial charge >= 0.3 is 6.03 Å². The standard InChI is InChI=1S/C18H23N5O3S2/c1-11(15(24)21-16(25)19-12-7-3-4-8-12)27-18-23-22-17(28-18)20-13-9-5-6-10-14(13)26-2/h5-6,9-12H,3-4,7-8H2,1-2H3,(H,20,22)(H2,19,21,24,25). The van der Waals surface area contributed by atoms with E-state index in [2.05, 4.69) is 26.1 Å². The molecule has 28 heavy (non-hydrogen) atoms. The Hall–Kier alpha value is -2.33. The van der Waals surface area contributed by atoms with Crippen LogP contribution in [0.15, 0.2) is 28.6 Å². The topological polar surface area (TPSA) is 105 Å². The van der Waals surface area contributed by atoms with E-state index in [9.17, 15) is 9.59 Å². The van der Waals surface area contributed by atoms with Gasteiger partial charge in [-0.2, -0.15) is 0 Å². The molecule has 1 unspecified atom stereocenters. The number of imide groups is 1. The third kappa shape index (κ3) is 5.59. The van der Waals surface area contributed by atoms with Crippen LogP contribution < -0.4 is 20.7 Å². The third-order valence-corrected chi connectivity index (χ3v) is 6.35. The van der Waals surface area contributed by atoms with Crippen molar-refractivity contribution in [2.75, 3.05) is 12.4 Å². The normalized spacial score (nSPS) is 15.1. The highest BCUT2D eigenvalue weighted by Gasteiger charge is 2.22. The SMILES string of the molecule is COc1ccccc1Nc1nnc(SC(C)C(=O)NC(=O)NC2CCCC2)s1. The summed E-state index contributed by atoms with van der Waals surface area (Å²) in [7, 11) is 1.60. The number of anilines is 2. The highest BCUT2D eigenvalue weighted by Crippen LogP contribution is 2.33. The lowest BCUT2D eigenvalue weighted by Gasteiger charge is -2.14. The second kappa shape index (κ2) is 9.74. The van der Waals surface area contributed by atoms with Gasteiger partial charge in [-0.05, 0) is 31.9 Å². The predicted octanol–water partition coefficient (Wildman–Crippen LogP) is 3.54. The minimum atomic E-state index is -0.471. The number of carbonyl (C=O) groups excluding carboxylic acids is 2. The number of rotatable bonds is 7. The Balaban J connectivity index is 1.50. The van der Waals surface area contributed by atoms with Gasteiger partial charge in [-0.25, -0.2) is 4.79 Å². The van der Waals surface area contributed by atoms with Crippen molar-refractivity contribution in [1.29, 1.82) is 0 Å². The quantitative estimate of drug-likeness (QED) is 0.587. The molecule has 150 valence electrons. The number of hydrogen-bond donors (Lipinski definition) is 3. The Bertz CT molecular complexity index is 823. The highest BCUT2D eigenvalue weighted by atomic mass is 32.2. The van der Waals surface area contributed by atoms with Gasteiger partial charge in [0, 0.05) is 6.04 Å². The molecule has 1 heterocycles. The monoisotopic (exact) mass is 421 g/mol. The fourth-order valence-electron chi connectivity index (χ4n) is 2.88. The molecule has 1 fully saturated rings. The van der Waals surface area contributed by atoms with E-state index in [0.717, 1.165) is 31.4 Å². The number of nitrogens with zero attached hydrogens (tertiary/aromatic N) is 2. The molecule has 0 saturated heterocycles. The predicted molar refractivity (Wildman–Crippen MR) is 110 cm³/mol. The summed E-state index contributed by atoms with van der Waals surface area (Å²) in [5, 5.41) is 16.7. The number of urea groups is 1. The molecule has 3 amide bonds. The number of amides is 3. The third-order valence-electron chi connectivity index (χ3n) is 4.33. The average Bonchev–Trinajstić information content (AvgIpc) is 3.34. The first kappa shape index (κ1) is 20.4. The number of para-hydroxylation sites is 2. The summed E-state index contributed by atoms with van der Waals surface area (Å²) in [4.78, 5) is 24.2. The molecule has 3 N–H and O–H groups in total. The van der Waals surface area contributed by atoms with E-state index in [1.165, 1.54) is 23.1 Å². The van der Waals surface area contributed by atoms with E-state index in [1.807, 2.05) is 24.3 Å². The van der Waals surface area contributed by atoms with Crippen LogP contribution in [-0.2, 0) is 4.79 Å². The van der Waals surface area contributed by atoms with Crippen molar-refractivity contribution in [2.24, 2.45) is 0 Å². The molecule has 1 aliphatic carbocycles. The van der Waals surface area contributed by atoms with E-state index in [4.69, 9.17) is 4.74 Å². The molecular weight excluding hydrogens is 398 g/mol. The molecule has 1 saturated carbocycles. The molecule has 0 spiro atoms. The first-order valence-corrected chi connectivity index (χ1v) is 10.8. The molecule has 1 aliphatic rings. The maximum absolute atomic E-state index is 12.2. The molecule has 1 atom stereocenters. The number of aromatic nitrogens is 2. The zero-order valence-electron chi connectivity index (χ0n) is 15.7. The van der Waals surface area contributed by atoms with Crippen LogP contribution in [-0.4, -0.2) is 40.5 Å². The lowest BCUT2D eigenvalue weighted by molar-refractivity contribution is -0.119. The number of benzene rings is 1. The summed E-state index contributed by atoms with van der Waals surface area (Å²) < 4.78 is 5.94. The summed E-state index contributed by atoms with van der Waals surface area (Å²) >= 11 is 2.59. The zero-order chi connectivity index (χ0) is 19.9. The lowest BCUT2D eigenvalue weighted by atomic mass is 10.2. The van der Waals surface area contributed by atoms with Crippen LogP contribution in [0, 0.1) is 0 Å². The maximum atomic E-state index is 12.2. The Kier molecular flexibility index (Phi) is 7.10. The largest absolute Gasteiger partial charge is 0.495 e. The van der Waals surface area contributed by atoms with E-state index < -0.39 is 11.3 Å².